The van der Waals surface area contributed by atoms with Crippen LogP contribution >= 0.6 is 0 Å². The fourth-order valence-electron chi connectivity index (χ4n) is 4.11. The van der Waals surface area contributed by atoms with E-state index >= 15 is 0 Å². The first kappa shape index (κ1) is 24.5. The Labute approximate surface area is 203 Å². The molecule has 182 valence electrons. The number of aromatic nitrogens is 2. The zero-order valence-corrected chi connectivity index (χ0v) is 20.8. The number of aliphatic hydroxyl groups excluding tert-OH is 1. The van der Waals surface area contributed by atoms with E-state index in [0.717, 1.165) is 40.7 Å². The molecular weight excluding hydrogens is 426 g/mol. The Hall–Kier alpha value is -2.67. The molecule has 0 radical (unpaired) electrons. The SMILES string of the molecule is Cc1cccc(Oc2c(CN(CC(O)COC(C)C)CC3CC3)c(C)nn2-c2ccccc2)c1. The standard InChI is InChI=1S/C28H37N3O3/c1-20(2)33-19-25(32)17-30(16-23-13-14-23)18-27-22(4)29-31(24-10-6-5-7-11-24)28(27)34-26-12-8-9-21(3)15-26/h5-12,15,20,23,25,32H,13-14,16-19H2,1-4H3. The van der Waals surface area contributed by atoms with Crippen LogP contribution in [-0.2, 0) is 11.3 Å². The smallest absolute Gasteiger partial charge is 0.227 e. The van der Waals surface area contributed by atoms with Gasteiger partial charge in [0.2, 0.25) is 5.88 Å². The predicted octanol–water partition coefficient (Wildman–Crippen LogP) is 5.28. The minimum absolute atomic E-state index is 0.104. The topological polar surface area (TPSA) is 59.8 Å². The van der Waals surface area contributed by atoms with Gasteiger partial charge in [-0.2, -0.15) is 5.10 Å². The van der Waals surface area contributed by atoms with Crippen LogP contribution in [0.25, 0.3) is 5.69 Å². The summed E-state index contributed by atoms with van der Waals surface area (Å²) in [7, 11) is 0. The van der Waals surface area contributed by atoms with Crippen molar-refractivity contribution < 1.29 is 14.6 Å². The van der Waals surface area contributed by atoms with E-state index in [1.54, 1.807) is 0 Å². The summed E-state index contributed by atoms with van der Waals surface area (Å²) in [6.45, 7) is 10.6. The molecule has 1 N–H and O–H groups in total. The summed E-state index contributed by atoms with van der Waals surface area (Å²) in [5.41, 5.74) is 4.08. The number of rotatable bonds is 12. The Kier molecular flexibility index (Phi) is 8.03. The van der Waals surface area contributed by atoms with Gasteiger partial charge in [-0.15, -0.1) is 0 Å². The number of ether oxygens (including phenoxy) is 2. The molecule has 0 aliphatic heterocycles. The van der Waals surface area contributed by atoms with Gasteiger partial charge in [0.05, 0.1) is 35.8 Å². The van der Waals surface area contributed by atoms with Crippen molar-refractivity contribution in [1.29, 1.82) is 0 Å². The first-order valence-corrected chi connectivity index (χ1v) is 12.3. The maximum atomic E-state index is 10.6. The van der Waals surface area contributed by atoms with Crippen molar-refractivity contribution in [2.75, 3.05) is 19.7 Å². The van der Waals surface area contributed by atoms with Crippen molar-refractivity contribution in [2.24, 2.45) is 5.92 Å². The number of para-hydroxylation sites is 1. The van der Waals surface area contributed by atoms with Gasteiger partial charge >= 0.3 is 0 Å². The first-order chi connectivity index (χ1) is 16.4. The fourth-order valence-corrected chi connectivity index (χ4v) is 4.11. The largest absolute Gasteiger partial charge is 0.439 e. The Balaban J connectivity index is 1.63. The predicted molar refractivity (Wildman–Crippen MR) is 135 cm³/mol. The molecule has 1 unspecified atom stereocenters. The second-order valence-electron chi connectivity index (χ2n) is 9.71. The van der Waals surface area contributed by atoms with Crippen molar-refractivity contribution in [2.45, 2.75) is 59.3 Å². The molecular formula is C28H37N3O3. The van der Waals surface area contributed by atoms with Crippen LogP contribution in [0.15, 0.2) is 54.6 Å². The van der Waals surface area contributed by atoms with Crippen LogP contribution in [-0.4, -0.2) is 51.7 Å². The van der Waals surface area contributed by atoms with E-state index in [9.17, 15) is 5.11 Å². The van der Waals surface area contributed by atoms with E-state index in [1.807, 2.05) is 74.0 Å². The van der Waals surface area contributed by atoms with Gasteiger partial charge in [0.15, 0.2) is 0 Å². The molecule has 1 aromatic heterocycles. The Morgan fingerprint density at radius 1 is 1.09 bits per heavy atom. The van der Waals surface area contributed by atoms with Gasteiger partial charge in [-0.05, 0) is 76.3 Å². The van der Waals surface area contributed by atoms with Crippen molar-refractivity contribution in [3.63, 3.8) is 0 Å². The van der Waals surface area contributed by atoms with E-state index < -0.39 is 6.10 Å². The molecule has 1 atom stereocenters. The summed E-state index contributed by atoms with van der Waals surface area (Å²) in [6.07, 6.45) is 2.08. The lowest BCUT2D eigenvalue weighted by atomic mass is 10.2. The minimum atomic E-state index is -0.535. The van der Waals surface area contributed by atoms with Crippen LogP contribution in [0.3, 0.4) is 0 Å². The van der Waals surface area contributed by atoms with Gasteiger partial charge < -0.3 is 14.6 Å². The normalized spacial score (nSPS) is 14.7. The summed E-state index contributed by atoms with van der Waals surface area (Å²) < 4.78 is 14.0. The highest BCUT2D eigenvalue weighted by atomic mass is 16.5. The number of aliphatic hydroxyl groups is 1. The summed E-state index contributed by atoms with van der Waals surface area (Å²) in [4.78, 5) is 2.33. The lowest BCUT2D eigenvalue weighted by molar-refractivity contribution is -0.0101. The van der Waals surface area contributed by atoms with Gasteiger partial charge in [0.1, 0.15) is 5.75 Å². The fraction of sp³-hybridized carbons (Fsp3) is 0.464. The van der Waals surface area contributed by atoms with Gasteiger partial charge in [-0.25, -0.2) is 4.68 Å². The lowest BCUT2D eigenvalue weighted by Crippen LogP contribution is -2.36. The maximum Gasteiger partial charge on any atom is 0.227 e. The Morgan fingerprint density at radius 3 is 2.53 bits per heavy atom. The second-order valence-corrected chi connectivity index (χ2v) is 9.71. The number of hydrogen-bond acceptors (Lipinski definition) is 5. The third kappa shape index (κ3) is 6.69. The highest BCUT2D eigenvalue weighted by Crippen LogP contribution is 2.34. The van der Waals surface area contributed by atoms with Crippen LogP contribution in [0.4, 0.5) is 0 Å². The first-order valence-electron chi connectivity index (χ1n) is 12.3. The molecule has 1 aliphatic rings. The minimum Gasteiger partial charge on any atom is -0.439 e. The third-order valence-electron chi connectivity index (χ3n) is 6.03. The average molecular weight is 464 g/mol. The van der Waals surface area contributed by atoms with E-state index in [-0.39, 0.29) is 6.10 Å². The van der Waals surface area contributed by atoms with Crippen molar-refractivity contribution in [3.8, 4) is 17.3 Å². The number of benzene rings is 2. The van der Waals surface area contributed by atoms with Gasteiger partial charge in [-0.1, -0.05) is 30.3 Å². The van der Waals surface area contributed by atoms with E-state index in [0.29, 0.717) is 25.6 Å². The molecule has 1 fully saturated rings. The molecule has 4 rings (SSSR count). The van der Waals surface area contributed by atoms with E-state index in [2.05, 4.69) is 17.9 Å². The van der Waals surface area contributed by atoms with Crippen molar-refractivity contribution >= 4 is 0 Å². The average Bonchev–Trinajstić information content (AvgIpc) is 3.57. The third-order valence-corrected chi connectivity index (χ3v) is 6.03. The molecule has 34 heavy (non-hydrogen) atoms. The molecule has 2 aromatic carbocycles. The van der Waals surface area contributed by atoms with E-state index in [4.69, 9.17) is 14.6 Å². The number of nitrogens with zero attached hydrogens (tertiary/aromatic N) is 3. The molecule has 1 saturated carbocycles. The monoisotopic (exact) mass is 463 g/mol. The zero-order valence-electron chi connectivity index (χ0n) is 20.8. The molecule has 0 spiro atoms. The summed E-state index contributed by atoms with van der Waals surface area (Å²) in [5.74, 6) is 2.21. The Bertz CT molecular complexity index is 1060. The summed E-state index contributed by atoms with van der Waals surface area (Å²) >= 11 is 0. The van der Waals surface area contributed by atoms with Crippen LogP contribution in [0.1, 0.15) is 43.5 Å². The van der Waals surface area contributed by atoms with Crippen LogP contribution in [0, 0.1) is 19.8 Å². The zero-order chi connectivity index (χ0) is 24.1. The van der Waals surface area contributed by atoms with Crippen LogP contribution in [0.5, 0.6) is 11.6 Å². The molecule has 6 nitrogen and oxygen atoms in total. The maximum absolute atomic E-state index is 10.6. The molecule has 6 heteroatoms. The van der Waals surface area contributed by atoms with Crippen molar-refractivity contribution in [3.05, 3.63) is 71.4 Å². The molecule has 0 bridgehead atoms. The number of aryl methyl sites for hydroxylation is 2. The van der Waals surface area contributed by atoms with Crippen LogP contribution in [0.2, 0.25) is 0 Å². The molecule has 1 aliphatic carbocycles. The lowest BCUT2D eigenvalue weighted by Gasteiger charge is -2.26. The van der Waals surface area contributed by atoms with Gasteiger partial charge in [-0.3, -0.25) is 4.90 Å². The quantitative estimate of drug-likeness (QED) is 0.396. The molecule has 0 saturated heterocycles. The summed E-state index contributed by atoms with van der Waals surface area (Å²) in [6, 6.07) is 18.2. The van der Waals surface area contributed by atoms with Crippen LogP contribution < -0.4 is 4.74 Å². The highest BCUT2D eigenvalue weighted by Gasteiger charge is 2.28. The Morgan fingerprint density at radius 2 is 1.85 bits per heavy atom. The second kappa shape index (κ2) is 11.2. The summed E-state index contributed by atoms with van der Waals surface area (Å²) in [5, 5.41) is 15.5. The van der Waals surface area contributed by atoms with Crippen molar-refractivity contribution in [1.82, 2.24) is 14.7 Å². The van der Waals surface area contributed by atoms with E-state index in [1.165, 1.54) is 12.8 Å². The molecule has 0 amide bonds. The number of hydrogen-bond donors (Lipinski definition) is 1. The molecule has 1 heterocycles. The van der Waals surface area contributed by atoms with Gasteiger partial charge in [0.25, 0.3) is 0 Å². The highest BCUT2D eigenvalue weighted by molar-refractivity contribution is 5.43. The molecule has 3 aromatic rings. The van der Waals surface area contributed by atoms with Gasteiger partial charge in [0, 0.05) is 19.6 Å².